The summed E-state index contributed by atoms with van der Waals surface area (Å²) in [4.78, 5) is 33.1. The number of nitrogens with zero attached hydrogens (tertiary/aromatic N) is 2. The van der Waals surface area contributed by atoms with Crippen molar-refractivity contribution in [3.63, 3.8) is 0 Å². The summed E-state index contributed by atoms with van der Waals surface area (Å²) in [5, 5.41) is 5.35. The van der Waals surface area contributed by atoms with E-state index < -0.39 is 5.91 Å². The van der Waals surface area contributed by atoms with Crippen molar-refractivity contribution >= 4 is 23.5 Å². The molecule has 0 saturated heterocycles. The van der Waals surface area contributed by atoms with Crippen LogP contribution in [0.25, 0.3) is 0 Å². The van der Waals surface area contributed by atoms with Gasteiger partial charge in [0.25, 0.3) is 11.8 Å². The fraction of sp³-hybridized carbons (Fsp3) is 0.0526. The van der Waals surface area contributed by atoms with Crippen LogP contribution in [0, 0.1) is 0 Å². The minimum absolute atomic E-state index is 0.229. The summed E-state index contributed by atoms with van der Waals surface area (Å²) in [5.41, 5.74) is 0.537. The third kappa shape index (κ3) is 4.02. The summed E-state index contributed by atoms with van der Waals surface area (Å²) in [6.07, 6.45) is 3.15. The van der Waals surface area contributed by atoms with Gasteiger partial charge in [0.15, 0.2) is 0 Å². The van der Waals surface area contributed by atoms with E-state index in [9.17, 15) is 9.59 Å². The Hall–Kier alpha value is -3.74. The van der Waals surface area contributed by atoms with E-state index in [1.54, 1.807) is 60.9 Å². The summed E-state index contributed by atoms with van der Waals surface area (Å²) in [6.45, 7) is 0. The lowest BCUT2D eigenvalue weighted by molar-refractivity contribution is 0.102. The maximum atomic E-state index is 12.6. The lowest BCUT2D eigenvalue weighted by Crippen LogP contribution is -2.17. The second-order valence-electron chi connectivity index (χ2n) is 5.25. The first-order valence-corrected chi connectivity index (χ1v) is 7.80. The van der Waals surface area contributed by atoms with Gasteiger partial charge in [-0.1, -0.05) is 12.1 Å². The third-order valence-electron chi connectivity index (χ3n) is 3.52. The van der Waals surface area contributed by atoms with E-state index in [0.29, 0.717) is 22.9 Å². The maximum Gasteiger partial charge on any atom is 0.260 e. The maximum absolute atomic E-state index is 12.6. The zero-order valence-electron chi connectivity index (χ0n) is 14.0. The highest BCUT2D eigenvalue weighted by Gasteiger charge is 2.17. The second kappa shape index (κ2) is 7.89. The van der Waals surface area contributed by atoms with Crippen LogP contribution in [0.2, 0.25) is 0 Å². The van der Waals surface area contributed by atoms with E-state index in [1.807, 2.05) is 0 Å². The molecule has 3 rings (SSSR count). The van der Waals surface area contributed by atoms with Crippen molar-refractivity contribution in [2.45, 2.75) is 0 Å². The van der Waals surface area contributed by atoms with E-state index in [-0.39, 0.29) is 11.5 Å². The highest BCUT2D eigenvalue weighted by molar-refractivity contribution is 6.09. The molecule has 1 aromatic carbocycles. The van der Waals surface area contributed by atoms with Crippen LogP contribution in [-0.2, 0) is 0 Å². The Morgan fingerprint density at radius 1 is 0.846 bits per heavy atom. The molecule has 7 heteroatoms. The monoisotopic (exact) mass is 348 g/mol. The van der Waals surface area contributed by atoms with E-state index in [2.05, 4.69) is 20.6 Å². The Kier molecular flexibility index (Phi) is 5.19. The molecule has 2 heterocycles. The van der Waals surface area contributed by atoms with Crippen molar-refractivity contribution in [1.82, 2.24) is 9.97 Å². The van der Waals surface area contributed by atoms with Crippen LogP contribution in [0.4, 0.5) is 11.6 Å². The molecule has 0 radical (unpaired) electrons. The van der Waals surface area contributed by atoms with Crippen LogP contribution < -0.4 is 15.4 Å². The van der Waals surface area contributed by atoms with Crippen molar-refractivity contribution < 1.29 is 14.3 Å². The van der Waals surface area contributed by atoms with Gasteiger partial charge in [0.2, 0.25) is 0 Å². The Labute approximate surface area is 150 Å². The molecule has 0 saturated carbocycles. The quantitative estimate of drug-likeness (QED) is 0.739. The average Bonchev–Trinajstić information content (AvgIpc) is 2.69. The fourth-order valence-corrected chi connectivity index (χ4v) is 2.27. The van der Waals surface area contributed by atoms with Crippen molar-refractivity contribution in [3.8, 4) is 5.75 Å². The molecule has 130 valence electrons. The zero-order valence-corrected chi connectivity index (χ0v) is 14.0. The summed E-state index contributed by atoms with van der Waals surface area (Å²) in [7, 11) is 1.46. The fourth-order valence-electron chi connectivity index (χ4n) is 2.27. The van der Waals surface area contributed by atoms with Gasteiger partial charge in [-0.15, -0.1) is 0 Å². The first kappa shape index (κ1) is 17.1. The number of carbonyl (C=O) groups is 2. The van der Waals surface area contributed by atoms with Crippen LogP contribution in [0.1, 0.15) is 20.7 Å². The van der Waals surface area contributed by atoms with Gasteiger partial charge in [0, 0.05) is 18.0 Å². The van der Waals surface area contributed by atoms with E-state index in [0.717, 1.165) is 0 Å². The Bertz CT molecular complexity index is 915. The third-order valence-corrected chi connectivity index (χ3v) is 3.52. The van der Waals surface area contributed by atoms with Gasteiger partial charge >= 0.3 is 0 Å². The van der Waals surface area contributed by atoms with Crippen LogP contribution in [-0.4, -0.2) is 28.9 Å². The molecule has 7 nitrogen and oxygen atoms in total. The molecule has 0 aliphatic heterocycles. The van der Waals surface area contributed by atoms with Gasteiger partial charge in [-0.2, -0.15) is 0 Å². The zero-order chi connectivity index (χ0) is 18.4. The standard InChI is InChI=1S/C19H16N4O3/c1-26-15-9-8-13(18(24)22-16-6-2-4-10-20-16)12-14(15)19(25)23-17-7-3-5-11-21-17/h2-12H,1H3,(H,20,22,24)(H,21,23,25). The first-order valence-electron chi connectivity index (χ1n) is 7.80. The van der Waals surface area contributed by atoms with E-state index >= 15 is 0 Å². The molecule has 2 N–H and O–H groups in total. The van der Waals surface area contributed by atoms with Crippen LogP contribution in [0.3, 0.4) is 0 Å². The van der Waals surface area contributed by atoms with Crippen molar-refractivity contribution in [3.05, 3.63) is 78.1 Å². The minimum atomic E-state index is -0.423. The van der Waals surface area contributed by atoms with Gasteiger partial charge in [-0.25, -0.2) is 9.97 Å². The van der Waals surface area contributed by atoms with Crippen molar-refractivity contribution in [2.75, 3.05) is 17.7 Å². The van der Waals surface area contributed by atoms with Gasteiger partial charge in [0.05, 0.1) is 12.7 Å². The second-order valence-corrected chi connectivity index (χ2v) is 5.25. The lowest BCUT2D eigenvalue weighted by Gasteiger charge is -2.11. The molecule has 0 unspecified atom stereocenters. The van der Waals surface area contributed by atoms with Crippen molar-refractivity contribution in [2.24, 2.45) is 0 Å². The number of rotatable bonds is 5. The molecule has 0 spiro atoms. The van der Waals surface area contributed by atoms with Gasteiger partial charge in [-0.05, 0) is 42.5 Å². The average molecular weight is 348 g/mol. The number of methoxy groups -OCH3 is 1. The number of nitrogens with one attached hydrogen (secondary N) is 2. The van der Waals surface area contributed by atoms with Crippen LogP contribution >= 0.6 is 0 Å². The van der Waals surface area contributed by atoms with Crippen LogP contribution in [0.5, 0.6) is 5.75 Å². The van der Waals surface area contributed by atoms with Gasteiger partial charge in [-0.3, -0.25) is 9.59 Å². The molecule has 2 amide bonds. The number of hydrogen-bond acceptors (Lipinski definition) is 5. The molecule has 3 aromatic rings. The molecule has 0 atom stereocenters. The molecular weight excluding hydrogens is 332 g/mol. The highest BCUT2D eigenvalue weighted by atomic mass is 16.5. The topological polar surface area (TPSA) is 93.2 Å². The van der Waals surface area contributed by atoms with Gasteiger partial charge < -0.3 is 15.4 Å². The molecule has 0 bridgehead atoms. The van der Waals surface area contributed by atoms with Crippen LogP contribution in [0.15, 0.2) is 67.0 Å². The molecule has 2 aromatic heterocycles. The molecule has 0 aliphatic rings. The van der Waals surface area contributed by atoms with E-state index in [1.165, 1.54) is 13.2 Å². The normalized spacial score (nSPS) is 10.0. The predicted molar refractivity (Wildman–Crippen MR) is 97.4 cm³/mol. The smallest absolute Gasteiger partial charge is 0.260 e. The lowest BCUT2D eigenvalue weighted by atomic mass is 10.1. The Balaban J connectivity index is 1.84. The number of carbonyl (C=O) groups excluding carboxylic acids is 2. The SMILES string of the molecule is COc1ccc(C(=O)Nc2ccccn2)cc1C(=O)Nc1ccccn1. The minimum Gasteiger partial charge on any atom is -0.496 e. The van der Waals surface area contributed by atoms with Gasteiger partial charge in [0.1, 0.15) is 17.4 Å². The number of anilines is 2. The van der Waals surface area contributed by atoms with E-state index in [4.69, 9.17) is 4.74 Å². The molecular formula is C19H16N4O3. The molecule has 0 fully saturated rings. The number of ether oxygens (including phenoxy) is 1. The number of amides is 2. The first-order chi connectivity index (χ1) is 12.7. The molecule has 26 heavy (non-hydrogen) atoms. The summed E-state index contributed by atoms with van der Waals surface area (Å²) in [6, 6.07) is 15.0. The number of benzene rings is 1. The summed E-state index contributed by atoms with van der Waals surface area (Å²) in [5.74, 6) is 0.384. The Morgan fingerprint density at radius 3 is 2.00 bits per heavy atom. The number of hydrogen-bond donors (Lipinski definition) is 2. The molecule has 0 aliphatic carbocycles. The summed E-state index contributed by atoms with van der Waals surface area (Å²) >= 11 is 0. The summed E-state index contributed by atoms with van der Waals surface area (Å²) < 4.78 is 5.23. The predicted octanol–water partition coefficient (Wildman–Crippen LogP) is 2.99. The number of aromatic nitrogens is 2. The highest BCUT2D eigenvalue weighted by Crippen LogP contribution is 2.21. The van der Waals surface area contributed by atoms with Crippen molar-refractivity contribution in [1.29, 1.82) is 0 Å². The number of pyridine rings is 2. The Morgan fingerprint density at radius 2 is 1.46 bits per heavy atom. The largest absolute Gasteiger partial charge is 0.496 e.